The molecule has 0 amide bonds. The number of allylic oxidation sites excluding steroid dienone is 4. The SMILES string of the molecule is CC1(C)C2=C(c3ccc(-n4c5ccccc5c5cc(-c6cccc(-c7nc(-c8ccccc8)nc(-c8ccccc8)n7)c6)ccc54)cc3)C=CCC2c2ccccc21. The number of fused-ring (bicyclic) bond motifs is 6. The third kappa shape index (κ3) is 5.55. The Bertz CT molecular complexity index is 3040. The van der Waals surface area contributed by atoms with Gasteiger partial charge in [-0.1, -0.05) is 166 Å². The largest absolute Gasteiger partial charge is 0.309 e. The summed E-state index contributed by atoms with van der Waals surface area (Å²) in [5.41, 5.74) is 15.7. The summed E-state index contributed by atoms with van der Waals surface area (Å²) in [6, 6.07) is 62.6. The van der Waals surface area contributed by atoms with Gasteiger partial charge in [0.15, 0.2) is 17.5 Å². The molecule has 0 saturated carbocycles. The smallest absolute Gasteiger partial charge is 0.164 e. The maximum Gasteiger partial charge on any atom is 0.164 e. The van der Waals surface area contributed by atoms with Crippen molar-refractivity contribution in [2.24, 2.45) is 0 Å². The minimum atomic E-state index is -0.00832. The quantitative estimate of drug-likeness (QED) is 0.170. The Morgan fingerprint density at radius 1 is 0.483 bits per heavy atom. The Hall–Kier alpha value is -7.17. The molecule has 1 atom stereocenters. The first-order valence-electron chi connectivity index (χ1n) is 20.1. The predicted molar refractivity (Wildman–Crippen MR) is 239 cm³/mol. The summed E-state index contributed by atoms with van der Waals surface area (Å²) in [6.45, 7) is 4.79. The van der Waals surface area contributed by atoms with Crippen molar-refractivity contribution in [3.05, 3.63) is 210 Å². The van der Waals surface area contributed by atoms with Crippen molar-refractivity contribution >= 4 is 27.4 Å². The molecule has 0 radical (unpaired) electrons. The second kappa shape index (κ2) is 13.5. The highest BCUT2D eigenvalue weighted by atomic mass is 15.0. The van der Waals surface area contributed by atoms with Gasteiger partial charge in [0.05, 0.1) is 11.0 Å². The maximum atomic E-state index is 5.00. The molecule has 2 aliphatic rings. The van der Waals surface area contributed by atoms with Gasteiger partial charge in [-0.3, -0.25) is 0 Å². The highest BCUT2D eigenvalue weighted by Gasteiger charge is 2.43. The summed E-state index contributed by atoms with van der Waals surface area (Å²) in [4.78, 5) is 14.9. The van der Waals surface area contributed by atoms with Crippen LogP contribution in [0, 0.1) is 0 Å². The van der Waals surface area contributed by atoms with E-state index in [9.17, 15) is 0 Å². The van der Waals surface area contributed by atoms with Gasteiger partial charge in [0.25, 0.3) is 0 Å². The van der Waals surface area contributed by atoms with Crippen LogP contribution in [0.3, 0.4) is 0 Å². The molecule has 0 fully saturated rings. The zero-order valence-corrected chi connectivity index (χ0v) is 32.5. The Labute approximate surface area is 338 Å². The third-order valence-electron chi connectivity index (χ3n) is 12.2. The van der Waals surface area contributed by atoms with Gasteiger partial charge in [0.1, 0.15) is 0 Å². The van der Waals surface area contributed by atoms with Gasteiger partial charge in [0, 0.05) is 44.5 Å². The number of nitrogens with zero attached hydrogens (tertiary/aromatic N) is 4. The molecular formula is C54H40N4. The van der Waals surface area contributed by atoms with E-state index in [0.717, 1.165) is 39.9 Å². The minimum absolute atomic E-state index is 0.00832. The number of para-hydroxylation sites is 1. The first kappa shape index (κ1) is 34.1. The summed E-state index contributed by atoms with van der Waals surface area (Å²) in [5.74, 6) is 2.39. The Kier molecular flexibility index (Phi) is 7.94. The summed E-state index contributed by atoms with van der Waals surface area (Å²) >= 11 is 0. The monoisotopic (exact) mass is 744 g/mol. The van der Waals surface area contributed by atoms with E-state index in [1.54, 1.807) is 5.57 Å². The van der Waals surface area contributed by atoms with Crippen molar-refractivity contribution in [1.29, 1.82) is 0 Å². The fourth-order valence-electron chi connectivity index (χ4n) is 9.54. The van der Waals surface area contributed by atoms with Crippen LogP contribution in [-0.4, -0.2) is 19.5 Å². The van der Waals surface area contributed by atoms with E-state index in [1.165, 1.54) is 44.1 Å². The van der Waals surface area contributed by atoms with E-state index in [2.05, 4.69) is 146 Å². The molecule has 0 N–H and O–H groups in total. The molecule has 7 aromatic carbocycles. The fraction of sp³-hybridized carbons (Fsp3) is 0.0926. The molecule has 0 saturated heterocycles. The molecule has 4 nitrogen and oxygen atoms in total. The van der Waals surface area contributed by atoms with E-state index in [1.807, 2.05) is 60.7 Å². The van der Waals surface area contributed by atoms with Crippen molar-refractivity contribution in [2.75, 3.05) is 0 Å². The molecule has 58 heavy (non-hydrogen) atoms. The molecule has 2 aromatic heterocycles. The molecule has 11 rings (SSSR count). The average Bonchev–Trinajstić information content (AvgIpc) is 3.75. The van der Waals surface area contributed by atoms with Crippen molar-refractivity contribution < 1.29 is 0 Å². The van der Waals surface area contributed by atoms with E-state index < -0.39 is 0 Å². The molecule has 9 aromatic rings. The number of benzene rings is 7. The first-order valence-corrected chi connectivity index (χ1v) is 20.1. The molecule has 0 aliphatic heterocycles. The van der Waals surface area contributed by atoms with E-state index in [0.29, 0.717) is 23.4 Å². The van der Waals surface area contributed by atoms with Gasteiger partial charge in [-0.2, -0.15) is 0 Å². The first-order chi connectivity index (χ1) is 28.5. The minimum Gasteiger partial charge on any atom is -0.309 e. The summed E-state index contributed by atoms with van der Waals surface area (Å²) < 4.78 is 2.41. The maximum absolute atomic E-state index is 5.00. The lowest BCUT2D eigenvalue weighted by Gasteiger charge is -2.29. The standard InChI is InChI=1S/C54H40N4/c1-54(2)47-25-11-9-21-43(47)45-24-14-23-42(50(45)54)35-27-30-41(31-28-35)58-48-26-12-10-22-44(48)46-34-39(29-32-49(46)58)38-19-13-20-40(33-38)53-56-51(36-15-5-3-6-16-36)55-52(57-53)37-17-7-4-8-18-37/h3-23,25-34,45H,24H2,1-2H3. The summed E-state index contributed by atoms with van der Waals surface area (Å²) in [7, 11) is 0. The topological polar surface area (TPSA) is 43.6 Å². The van der Waals surface area contributed by atoms with Gasteiger partial charge in [-0.25, -0.2) is 15.0 Å². The highest BCUT2D eigenvalue weighted by Crippen LogP contribution is 2.55. The molecule has 4 heteroatoms. The molecule has 2 aliphatic carbocycles. The number of hydrogen-bond acceptors (Lipinski definition) is 3. The van der Waals surface area contributed by atoms with Crippen LogP contribution in [0.25, 0.3) is 78.4 Å². The van der Waals surface area contributed by atoms with Crippen LogP contribution in [0.15, 0.2) is 194 Å². The fourth-order valence-corrected chi connectivity index (χ4v) is 9.54. The predicted octanol–water partition coefficient (Wildman–Crippen LogP) is 13.4. The molecule has 276 valence electrons. The van der Waals surface area contributed by atoms with Crippen LogP contribution in [0.2, 0.25) is 0 Å². The van der Waals surface area contributed by atoms with Crippen molar-refractivity contribution in [3.63, 3.8) is 0 Å². The van der Waals surface area contributed by atoms with Gasteiger partial charge in [-0.05, 0) is 81.8 Å². The summed E-state index contributed by atoms with van der Waals surface area (Å²) in [5, 5.41) is 2.44. The zero-order valence-electron chi connectivity index (χ0n) is 32.5. The van der Waals surface area contributed by atoms with Crippen LogP contribution in [0.1, 0.15) is 42.9 Å². The molecular weight excluding hydrogens is 705 g/mol. The van der Waals surface area contributed by atoms with E-state index in [4.69, 9.17) is 15.0 Å². The average molecular weight is 745 g/mol. The molecule has 2 heterocycles. The number of aromatic nitrogens is 4. The third-order valence-corrected chi connectivity index (χ3v) is 12.2. The zero-order chi connectivity index (χ0) is 38.8. The Morgan fingerprint density at radius 3 is 1.79 bits per heavy atom. The lowest BCUT2D eigenvalue weighted by atomic mass is 9.74. The second-order valence-corrected chi connectivity index (χ2v) is 16.0. The van der Waals surface area contributed by atoms with Crippen LogP contribution < -0.4 is 0 Å². The van der Waals surface area contributed by atoms with Gasteiger partial charge in [0.2, 0.25) is 0 Å². The second-order valence-electron chi connectivity index (χ2n) is 16.0. The normalized spacial score (nSPS) is 15.5. The van der Waals surface area contributed by atoms with Crippen molar-refractivity contribution in [1.82, 2.24) is 19.5 Å². The van der Waals surface area contributed by atoms with E-state index in [-0.39, 0.29) is 5.41 Å². The molecule has 0 spiro atoms. The number of rotatable bonds is 6. The Balaban J connectivity index is 0.980. The van der Waals surface area contributed by atoms with Gasteiger partial charge in [-0.15, -0.1) is 0 Å². The van der Waals surface area contributed by atoms with Crippen LogP contribution in [-0.2, 0) is 5.41 Å². The highest BCUT2D eigenvalue weighted by molar-refractivity contribution is 6.10. The van der Waals surface area contributed by atoms with Crippen LogP contribution in [0.5, 0.6) is 0 Å². The number of hydrogen-bond donors (Lipinski definition) is 0. The van der Waals surface area contributed by atoms with Crippen LogP contribution in [0.4, 0.5) is 0 Å². The molecule has 1 unspecified atom stereocenters. The lowest BCUT2D eigenvalue weighted by molar-refractivity contribution is 0.616. The van der Waals surface area contributed by atoms with Gasteiger partial charge < -0.3 is 4.57 Å². The lowest BCUT2D eigenvalue weighted by Crippen LogP contribution is -2.19. The van der Waals surface area contributed by atoms with Gasteiger partial charge >= 0.3 is 0 Å². The summed E-state index contributed by atoms with van der Waals surface area (Å²) in [6.07, 6.45) is 5.79. The van der Waals surface area contributed by atoms with Crippen molar-refractivity contribution in [3.8, 4) is 51.0 Å². The van der Waals surface area contributed by atoms with Crippen molar-refractivity contribution in [2.45, 2.75) is 31.6 Å². The van der Waals surface area contributed by atoms with Crippen LogP contribution >= 0.6 is 0 Å². The Morgan fingerprint density at radius 2 is 1.05 bits per heavy atom. The van der Waals surface area contributed by atoms with E-state index >= 15 is 0 Å². The molecule has 0 bridgehead atoms.